The molecule has 0 aliphatic carbocycles. The topological polar surface area (TPSA) is 107 Å². The van der Waals surface area contributed by atoms with Crippen molar-refractivity contribution < 1.29 is 19.3 Å². The van der Waals surface area contributed by atoms with E-state index in [0.29, 0.717) is 39.6 Å². The third kappa shape index (κ3) is 3.05. The number of ether oxygens (including phenoxy) is 1. The molecule has 138 valence electrons. The first kappa shape index (κ1) is 17.2. The standard InChI is InChI=1S/C19H17FN4O3/c1-27-18-5-10(4-11(8-25)13(18)9-26)15-7-17(24-23-15)19-21-14-3-2-12(20)6-16(14)22-19/h2-7,25-26H,8-9H2,1H3,(H,21,22)(H,23,24). The van der Waals surface area contributed by atoms with Gasteiger partial charge in [0.1, 0.15) is 17.3 Å². The second kappa shape index (κ2) is 6.82. The van der Waals surface area contributed by atoms with Crippen LogP contribution in [0, 0.1) is 5.82 Å². The summed E-state index contributed by atoms with van der Waals surface area (Å²) in [5, 5.41) is 26.3. The summed E-state index contributed by atoms with van der Waals surface area (Å²) in [6.07, 6.45) is 0. The summed E-state index contributed by atoms with van der Waals surface area (Å²) in [5.74, 6) is 0.664. The lowest BCUT2D eigenvalue weighted by Gasteiger charge is -2.12. The highest BCUT2D eigenvalue weighted by Gasteiger charge is 2.15. The van der Waals surface area contributed by atoms with Crippen molar-refractivity contribution in [3.8, 4) is 28.5 Å². The van der Waals surface area contributed by atoms with E-state index in [1.807, 2.05) is 0 Å². The maximum Gasteiger partial charge on any atom is 0.156 e. The molecule has 0 saturated heterocycles. The zero-order valence-corrected chi connectivity index (χ0v) is 14.5. The number of halogens is 1. The Morgan fingerprint density at radius 2 is 1.96 bits per heavy atom. The van der Waals surface area contributed by atoms with E-state index in [9.17, 15) is 14.6 Å². The Labute approximate surface area is 153 Å². The third-order valence-electron chi connectivity index (χ3n) is 4.42. The number of fused-ring (bicyclic) bond motifs is 1. The first-order valence-electron chi connectivity index (χ1n) is 8.26. The summed E-state index contributed by atoms with van der Waals surface area (Å²) >= 11 is 0. The van der Waals surface area contributed by atoms with Gasteiger partial charge in [-0.15, -0.1) is 0 Å². The second-order valence-electron chi connectivity index (χ2n) is 6.05. The van der Waals surface area contributed by atoms with Crippen LogP contribution in [-0.4, -0.2) is 37.5 Å². The smallest absolute Gasteiger partial charge is 0.156 e. The fraction of sp³-hybridized carbons (Fsp3) is 0.158. The number of benzene rings is 2. The van der Waals surface area contributed by atoms with E-state index in [0.717, 1.165) is 11.1 Å². The highest BCUT2D eigenvalue weighted by molar-refractivity contribution is 5.79. The fourth-order valence-electron chi connectivity index (χ4n) is 3.05. The molecule has 2 aromatic carbocycles. The highest BCUT2D eigenvalue weighted by atomic mass is 19.1. The molecule has 0 aliphatic rings. The molecule has 7 nitrogen and oxygen atoms in total. The fourth-order valence-corrected chi connectivity index (χ4v) is 3.05. The van der Waals surface area contributed by atoms with Crippen LogP contribution in [-0.2, 0) is 13.2 Å². The number of nitrogens with one attached hydrogen (secondary N) is 2. The molecule has 0 bridgehead atoms. The number of aromatic amines is 2. The second-order valence-corrected chi connectivity index (χ2v) is 6.05. The Kier molecular flexibility index (Phi) is 4.35. The van der Waals surface area contributed by atoms with Crippen molar-refractivity contribution in [3.63, 3.8) is 0 Å². The molecule has 4 rings (SSSR count). The van der Waals surface area contributed by atoms with Gasteiger partial charge in [0.05, 0.1) is 37.1 Å². The number of methoxy groups -OCH3 is 1. The van der Waals surface area contributed by atoms with E-state index < -0.39 is 0 Å². The van der Waals surface area contributed by atoms with Crippen molar-refractivity contribution in [1.82, 2.24) is 20.2 Å². The number of imidazole rings is 1. The van der Waals surface area contributed by atoms with Gasteiger partial charge in [-0.05, 0) is 35.9 Å². The minimum atomic E-state index is -0.349. The molecule has 8 heteroatoms. The molecular formula is C19H17FN4O3. The Hall–Kier alpha value is -3.23. The van der Waals surface area contributed by atoms with Gasteiger partial charge in [-0.25, -0.2) is 9.37 Å². The molecular weight excluding hydrogens is 351 g/mol. The molecule has 27 heavy (non-hydrogen) atoms. The Balaban J connectivity index is 1.75. The van der Waals surface area contributed by atoms with E-state index in [1.54, 1.807) is 24.3 Å². The van der Waals surface area contributed by atoms with E-state index in [4.69, 9.17) is 4.74 Å². The largest absolute Gasteiger partial charge is 0.496 e. The Bertz CT molecular complexity index is 1090. The van der Waals surface area contributed by atoms with Crippen LogP contribution in [0.25, 0.3) is 33.8 Å². The average molecular weight is 368 g/mol. The van der Waals surface area contributed by atoms with Gasteiger partial charge in [-0.3, -0.25) is 5.10 Å². The van der Waals surface area contributed by atoms with Crippen LogP contribution in [0.1, 0.15) is 11.1 Å². The van der Waals surface area contributed by atoms with Crippen LogP contribution in [0.5, 0.6) is 5.75 Å². The number of nitrogens with zero attached hydrogens (tertiary/aromatic N) is 2. The lowest BCUT2D eigenvalue weighted by molar-refractivity contribution is 0.254. The number of aromatic nitrogens is 4. The minimum Gasteiger partial charge on any atom is -0.496 e. The predicted octanol–water partition coefficient (Wildman–Crippen LogP) is 2.75. The summed E-state index contributed by atoms with van der Waals surface area (Å²) in [6, 6.07) is 9.65. The van der Waals surface area contributed by atoms with E-state index in [2.05, 4.69) is 20.2 Å². The van der Waals surface area contributed by atoms with Crippen molar-refractivity contribution in [1.29, 1.82) is 0 Å². The van der Waals surface area contributed by atoms with Crippen molar-refractivity contribution in [2.45, 2.75) is 13.2 Å². The molecule has 2 aromatic heterocycles. The lowest BCUT2D eigenvalue weighted by Crippen LogP contribution is -1.99. The van der Waals surface area contributed by atoms with Gasteiger partial charge in [0.2, 0.25) is 0 Å². The van der Waals surface area contributed by atoms with E-state index in [1.165, 1.54) is 19.2 Å². The van der Waals surface area contributed by atoms with Crippen molar-refractivity contribution in [2.75, 3.05) is 7.11 Å². The summed E-state index contributed by atoms with van der Waals surface area (Å²) in [6.45, 7) is -0.465. The van der Waals surface area contributed by atoms with Crippen LogP contribution in [0.2, 0.25) is 0 Å². The van der Waals surface area contributed by atoms with Crippen LogP contribution >= 0.6 is 0 Å². The zero-order chi connectivity index (χ0) is 19.0. The maximum atomic E-state index is 13.4. The molecule has 4 aromatic rings. The molecule has 2 heterocycles. The van der Waals surface area contributed by atoms with E-state index in [-0.39, 0.29) is 19.0 Å². The lowest BCUT2D eigenvalue weighted by atomic mass is 10.0. The molecule has 0 saturated carbocycles. The molecule has 0 atom stereocenters. The average Bonchev–Trinajstić information content (AvgIpc) is 3.33. The van der Waals surface area contributed by atoms with Crippen molar-refractivity contribution in [3.05, 3.63) is 53.3 Å². The van der Waals surface area contributed by atoms with Gasteiger partial charge < -0.3 is 19.9 Å². The van der Waals surface area contributed by atoms with Gasteiger partial charge in [0, 0.05) is 17.2 Å². The molecule has 0 unspecified atom stereocenters. The summed E-state index contributed by atoms with van der Waals surface area (Å²) in [4.78, 5) is 7.50. The summed E-state index contributed by atoms with van der Waals surface area (Å²) in [7, 11) is 1.50. The van der Waals surface area contributed by atoms with Crippen molar-refractivity contribution in [2.24, 2.45) is 0 Å². The van der Waals surface area contributed by atoms with Gasteiger partial charge in [-0.2, -0.15) is 5.10 Å². The normalized spacial score (nSPS) is 11.3. The molecule has 0 fully saturated rings. The minimum absolute atomic E-state index is 0.230. The van der Waals surface area contributed by atoms with Gasteiger partial charge in [0.25, 0.3) is 0 Å². The highest BCUT2D eigenvalue weighted by Crippen LogP contribution is 2.31. The first-order chi connectivity index (χ1) is 13.1. The SMILES string of the molecule is COc1cc(-c2cc(-c3nc4cc(F)ccc4[nH]3)[nH]n2)cc(CO)c1CO. The van der Waals surface area contributed by atoms with Crippen LogP contribution in [0.4, 0.5) is 4.39 Å². The number of rotatable bonds is 5. The summed E-state index contributed by atoms with van der Waals surface area (Å²) in [5.41, 5.74) is 4.33. The first-order valence-corrected chi connectivity index (χ1v) is 8.26. The van der Waals surface area contributed by atoms with Crippen LogP contribution in [0.3, 0.4) is 0 Å². The molecule has 0 aliphatic heterocycles. The van der Waals surface area contributed by atoms with Crippen LogP contribution < -0.4 is 4.74 Å². The number of aliphatic hydroxyl groups excluding tert-OH is 2. The number of hydrogen-bond donors (Lipinski definition) is 4. The third-order valence-corrected chi connectivity index (χ3v) is 4.42. The molecule has 0 amide bonds. The Morgan fingerprint density at radius 3 is 2.70 bits per heavy atom. The molecule has 4 N–H and O–H groups in total. The van der Waals surface area contributed by atoms with Gasteiger partial charge >= 0.3 is 0 Å². The quantitative estimate of drug-likeness (QED) is 0.433. The summed E-state index contributed by atoms with van der Waals surface area (Å²) < 4.78 is 18.7. The number of aliphatic hydroxyl groups is 2. The van der Waals surface area contributed by atoms with Crippen molar-refractivity contribution >= 4 is 11.0 Å². The number of hydrogen-bond acceptors (Lipinski definition) is 5. The Morgan fingerprint density at radius 1 is 1.11 bits per heavy atom. The zero-order valence-electron chi connectivity index (χ0n) is 14.5. The van der Waals surface area contributed by atoms with Gasteiger partial charge in [-0.1, -0.05) is 0 Å². The van der Waals surface area contributed by atoms with Gasteiger partial charge in [0.15, 0.2) is 5.82 Å². The number of H-pyrrole nitrogens is 2. The molecule has 0 radical (unpaired) electrons. The monoisotopic (exact) mass is 368 g/mol. The molecule has 0 spiro atoms. The van der Waals surface area contributed by atoms with Crippen LogP contribution in [0.15, 0.2) is 36.4 Å². The maximum absolute atomic E-state index is 13.4. The predicted molar refractivity (Wildman–Crippen MR) is 97.5 cm³/mol. The van der Waals surface area contributed by atoms with E-state index >= 15 is 0 Å².